The number of carbonyl (C=O) groups is 1. The second-order valence-electron chi connectivity index (χ2n) is 5.00. The molecule has 0 atom stereocenters. The van der Waals surface area contributed by atoms with Gasteiger partial charge in [0.2, 0.25) is 17.4 Å². The summed E-state index contributed by atoms with van der Waals surface area (Å²) in [6.07, 6.45) is -26.9. The number of rotatable bonds is 1. The van der Waals surface area contributed by atoms with Gasteiger partial charge in [0.15, 0.2) is 0 Å². The second-order valence-corrected chi connectivity index (χ2v) is 5.00. The first-order valence-corrected chi connectivity index (χ1v) is 6.10. The molecule has 0 fully saturated rings. The number of hydrogen-bond donors (Lipinski definition) is 0. The van der Waals surface area contributed by atoms with Crippen molar-refractivity contribution in [3.63, 3.8) is 0 Å². The van der Waals surface area contributed by atoms with Gasteiger partial charge in [0.05, 0.1) is 0 Å². The van der Waals surface area contributed by atoms with Crippen molar-refractivity contribution < 1.29 is 57.5 Å². The maximum absolute atomic E-state index is 13.0. The Morgan fingerprint density at radius 2 is 1.20 bits per heavy atom. The molecule has 2 nitrogen and oxygen atoms in total. The zero-order chi connectivity index (χ0) is 20.1. The van der Waals surface area contributed by atoms with Gasteiger partial charge in [0.1, 0.15) is 0 Å². The van der Waals surface area contributed by atoms with Crippen molar-refractivity contribution in [3.05, 3.63) is 12.2 Å². The summed E-state index contributed by atoms with van der Waals surface area (Å²) < 4.78 is 153. The molecule has 1 aliphatic heterocycles. The van der Waals surface area contributed by atoms with Crippen LogP contribution in [0.4, 0.5) is 52.7 Å². The maximum atomic E-state index is 13.0. The summed E-state index contributed by atoms with van der Waals surface area (Å²) >= 11 is 0. The topological polar surface area (TPSA) is 20.3 Å². The van der Waals surface area contributed by atoms with Crippen molar-refractivity contribution in [1.29, 1.82) is 0 Å². The van der Waals surface area contributed by atoms with Crippen molar-refractivity contribution >= 4 is 5.91 Å². The minimum atomic E-state index is -6.43. The number of hydrogen-bond acceptors (Lipinski definition) is 1. The highest BCUT2D eigenvalue weighted by Gasteiger charge is 2.76. The monoisotopic (exact) mass is 397 g/mol. The predicted octanol–water partition coefficient (Wildman–Crippen LogP) is 4.38. The first-order chi connectivity index (χ1) is 10.9. The van der Waals surface area contributed by atoms with Gasteiger partial charge in [-0.2, -0.15) is 52.7 Å². The highest BCUT2D eigenvalue weighted by Crippen LogP contribution is 2.52. The van der Waals surface area contributed by atoms with E-state index in [-0.39, 0.29) is 6.08 Å². The molecule has 1 rings (SSSR count). The Morgan fingerprint density at radius 3 is 1.52 bits per heavy atom. The van der Waals surface area contributed by atoms with Crippen LogP contribution in [0.3, 0.4) is 0 Å². The lowest BCUT2D eigenvalue weighted by atomic mass is 9.86. The Morgan fingerprint density at radius 1 is 0.800 bits per heavy atom. The lowest BCUT2D eigenvalue weighted by Gasteiger charge is -2.47. The van der Waals surface area contributed by atoms with Crippen LogP contribution in [0.5, 0.6) is 0 Å². The van der Waals surface area contributed by atoms with Crippen LogP contribution in [0.2, 0.25) is 0 Å². The molecule has 0 spiro atoms. The summed E-state index contributed by atoms with van der Waals surface area (Å²) in [7, 11) is 0. The van der Waals surface area contributed by atoms with Crippen molar-refractivity contribution in [2.45, 2.75) is 36.7 Å². The van der Waals surface area contributed by atoms with Crippen LogP contribution in [0.1, 0.15) is 6.42 Å². The van der Waals surface area contributed by atoms with Crippen LogP contribution < -0.4 is 0 Å². The van der Waals surface area contributed by atoms with Crippen molar-refractivity contribution in [1.82, 2.24) is 4.90 Å². The van der Waals surface area contributed by atoms with Crippen LogP contribution in [-0.4, -0.2) is 47.6 Å². The van der Waals surface area contributed by atoms with E-state index in [2.05, 4.69) is 0 Å². The first-order valence-electron chi connectivity index (χ1n) is 6.10. The summed E-state index contributed by atoms with van der Waals surface area (Å²) in [5.74, 6) is -8.39. The average Bonchev–Trinajstić information content (AvgIpc) is 2.32. The molecule has 0 saturated heterocycles. The molecule has 14 heteroatoms. The summed E-state index contributed by atoms with van der Waals surface area (Å²) in [6, 6.07) is 0. The number of halogens is 12. The average molecular weight is 397 g/mol. The largest absolute Gasteiger partial charge is 0.421 e. The third-order valence-corrected chi connectivity index (χ3v) is 3.43. The summed E-state index contributed by atoms with van der Waals surface area (Å²) in [6.45, 7) is -1.72. The van der Waals surface area contributed by atoms with Gasteiger partial charge in [-0.05, 0) is 0 Å². The molecule has 1 aliphatic rings. The molecule has 0 radical (unpaired) electrons. The molecule has 0 N–H and O–H groups in total. The molecule has 0 bridgehead atoms. The summed E-state index contributed by atoms with van der Waals surface area (Å²) in [4.78, 5) is 10.1. The maximum Gasteiger partial charge on any atom is 0.421 e. The Balaban J connectivity index is 3.59. The third kappa shape index (κ3) is 3.66. The molecule has 1 amide bonds. The number of alkyl halides is 12. The lowest BCUT2D eigenvalue weighted by Crippen LogP contribution is -2.71. The van der Waals surface area contributed by atoms with Crippen LogP contribution in [-0.2, 0) is 4.79 Å². The molecular weight excluding hydrogens is 390 g/mol. The van der Waals surface area contributed by atoms with Crippen LogP contribution in [0.15, 0.2) is 12.2 Å². The first kappa shape index (κ1) is 21.4. The molecule has 25 heavy (non-hydrogen) atoms. The zero-order valence-corrected chi connectivity index (χ0v) is 11.5. The Bertz CT molecular complexity index is 509. The lowest BCUT2D eigenvalue weighted by molar-refractivity contribution is -0.342. The van der Waals surface area contributed by atoms with E-state index in [1.165, 1.54) is 0 Å². The Kier molecular flexibility index (Phi) is 5.11. The van der Waals surface area contributed by atoms with E-state index in [9.17, 15) is 57.5 Å². The minimum absolute atomic E-state index is 0.279. The van der Waals surface area contributed by atoms with Gasteiger partial charge < -0.3 is 4.90 Å². The Hall–Kier alpha value is -1.63. The molecule has 0 aromatic heterocycles. The molecule has 146 valence electrons. The molecule has 1 heterocycles. The third-order valence-electron chi connectivity index (χ3n) is 3.43. The van der Waals surface area contributed by atoms with E-state index in [4.69, 9.17) is 0 Å². The highest BCUT2D eigenvalue weighted by molar-refractivity contribution is 5.82. The van der Waals surface area contributed by atoms with E-state index in [1.807, 2.05) is 0 Å². The fraction of sp³-hybridized carbons (Fsp3) is 0.727. The molecule has 0 unspecified atom stereocenters. The predicted molar refractivity (Wildman–Crippen MR) is 55.9 cm³/mol. The van der Waals surface area contributed by atoms with Crippen molar-refractivity contribution in [3.8, 4) is 0 Å². The van der Waals surface area contributed by atoms with Crippen molar-refractivity contribution in [2.75, 3.05) is 6.54 Å². The zero-order valence-electron chi connectivity index (χ0n) is 11.5. The molecule has 0 saturated carbocycles. The minimum Gasteiger partial charge on any atom is -0.316 e. The van der Waals surface area contributed by atoms with E-state index in [0.29, 0.717) is 6.08 Å². The van der Waals surface area contributed by atoms with Gasteiger partial charge in [-0.3, -0.25) is 4.79 Å². The van der Waals surface area contributed by atoms with Crippen molar-refractivity contribution in [2.24, 2.45) is 5.92 Å². The van der Waals surface area contributed by atoms with Crippen LogP contribution >= 0.6 is 0 Å². The normalized spacial score (nSPS) is 19.5. The van der Waals surface area contributed by atoms with Gasteiger partial charge in [-0.1, -0.05) is 12.2 Å². The number of carbonyl (C=O) groups excluding carboxylic acids is 1. The fourth-order valence-corrected chi connectivity index (χ4v) is 2.30. The van der Waals surface area contributed by atoms with Gasteiger partial charge in [-0.15, -0.1) is 0 Å². The quantitative estimate of drug-likeness (QED) is 0.475. The molecular formula is C11H7F12NO. The smallest absolute Gasteiger partial charge is 0.316 e. The molecule has 0 aliphatic carbocycles. The summed E-state index contributed by atoms with van der Waals surface area (Å²) in [5.41, 5.74) is -5.19. The number of amides is 1. The highest BCUT2D eigenvalue weighted by atomic mass is 19.4. The standard InChI is InChI=1S/C11H7F12NO/c12-8(13,14)5(9(15,16)17)6(25)24-4-2-1-3-7(24,10(18,19)20)11(21,22)23/h1-2,5H,3-4H2. The second kappa shape index (κ2) is 5.97. The Labute approximate surface area is 131 Å². The van der Waals surface area contributed by atoms with E-state index in [0.717, 1.165) is 0 Å². The van der Waals surface area contributed by atoms with Gasteiger partial charge in [0.25, 0.3) is 0 Å². The van der Waals surface area contributed by atoms with Gasteiger partial charge >= 0.3 is 24.7 Å². The fourth-order valence-electron chi connectivity index (χ4n) is 2.30. The SMILES string of the molecule is O=C(C(C(F)(F)F)C(F)(F)F)N1CC=CCC1(C(F)(F)F)C(F)(F)F. The van der Waals surface area contributed by atoms with E-state index < -0.39 is 59.9 Å². The van der Waals surface area contributed by atoms with Crippen LogP contribution in [0, 0.1) is 5.92 Å². The molecule has 0 aromatic carbocycles. The number of nitrogens with zero attached hydrogens (tertiary/aromatic N) is 1. The summed E-state index contributed by atoms with van der Waals surface area (Å²) in [5, 5.41) is 0. The van der Waals surface area contributed by atoms with Gasteiger partial charge in [0, 0.05) is 13.0 Å². The van der Waals surface area contributed by atoms with Gasteiger partial charge in [-0.25, -0.2) is 0 Å². The van der Waals surface area contributed by atoms with E-state index >= 15 is 0 Å². The van der Waals surface area contributed by atoms with Crippen LogP contribution in [0.25, 0.3) is 0 Å². The van der Waals surface area contributed by atoms with E-state index in [1.54, 1.807) is 0 Å². The molecule has 0 aromatic rings.